The maximum atomic E-state index is 14.1. The van der Waals surface area contributed by atoms with Gasteiger partial charge in [0.2, 0.25) is 17.7 Å². The lowest BCUT2D eigenvalue weighted by Crippen LogP contribution is -2.57. The van der Waals surface area contributed by atoms with Gasteiger partial charge in [0.05, 0.1) is 23.9 Å². The van der Waals surface area contributed by atoms with E-state index in [9.17, 15) is 19.5 Å². The lowest BCUT2D eigenvalue weighted by Gasteiger charge is -2.35. The Morgan fingerprint density at radius 2 is 1.64 bits per heavy atom. The fourth-order valence-electron chi connectivity index (χ4n) is 5.01. The number of amides is 3. The first-order chi connectivity index (χ1) is 19.9. The normalized spacial score (nSPS) is 14.9. The number of hydrogen-bond acceptors (Lipinski definition) is 5. The van der Waals surface area contributed by atoms with E-state index in [4.69, 9.17) is 5.73 Å². The first-order valence-corrected chi connectivity index (χ1v) is 15.4. The molecule has 0 heterocycles. The van der Waals surface area contributed by atoms with Crippen LogP contribution in [0.2, 0.25) is 0 Å². The van der Waals surface area contributed by atoms with Crippen LogP contribution in [0.25, 0.3) is 10.8 Å². The van der Waals surface area contributed by atoms with Crippen molar-refractivity contribution in [3.05, 3.63) is 54.1 Å². The third-order valence-corrected chi connectivity index (χ3v) is 7.28. The highest BCUT2D eigenvalue weighted by Gasteiger charge is 2.35. The molecule has 0 unspecified atom stereocenters. The lowest BCUT2D eigenvalue weighted by molar-refractivity contribution is -0.128. The number of hydrogen-bond donors (Lipinski definition) is 4. The average molecular weight is 581 g/mol. The number of nitrogens with one attached hydrogen (secondary N) is 2. The number of aliphatic hydroxyl groups is 1. The quantitative estimate of drug-likeness (QED) is 0.206. The summed E-state index contributed by atoms with van der Waals surface area (Å²) in [5, 5.41) is 19.1. The number of nitrogens with zero attached hydrogens (tertiary/aromatic N) is 1. The third kappa shape index (κ3) is 9.95. The highest BCUT2D eigenvalue weighted by molar-refractivity contribution is 6.09. The molecule has 0 aromatic heterocycles. The summed E-state index contributed by atoms with van der Waals surface area (Å²) in [7, 11) is 0. The van der Waals surface area contributed by atoms with Crippen LogP contribution in [0.1, 0.15) is 80.6 Å². The third-order valence-electron chi connectivity index (χ3n) is 7.28. The number of rotatable bonds is 16. The van der Waals surface area contributed by atoms with Gasteiger partial charge < -0.3 is 21.5 Å². The van der Waals surface area contributed by atoms with E-state index < -0.39 is 24.2 Å². The Morgan fingerprint density at radius 1 is 0.976 bits per heavy atom. The van der Waals surface area contributed by atoms with Crippen LogP contribution in [0.15, 0.2) is 54.1 Å². The first kappa shape index (κ1) is 35.0. The van der Waals surface area contributed by atoms with Crippen molar-refractivity contribution >= 4 is 34.2 Å². The molecule has 42 heavy (non-hydrogen) atoms. The van der Waals surface area contributed by atoms with Gasteiger partial charge in [-0.05, 0) is 55.6 Å². The van der Waals surface area contributed by atoms with Crippen molar-refractivity contribution in [1.29, 1.82) is 0 Å². The molecule has 0 saturated carbocycles. The Balaban J connectivity index is 2.51. The van der Waals surface area contributed by atoms with Crippen molar-refractivity contribution in [1.82, 2.24) is 10.6 Å². The number of anilines is 1. The van der Waals surface area contributed by atoms with E-state index in [1.54, 1.807) is 17.9 Å². The zero-order valence-electron chi connectivity index (χ0n) is 26.5. The van der Waals surface area contributed by atoms with E-state index in [-0.39, 0.29) is 23.6 Å². The van der Waals surface area contributed by atoms with Gasteiger partial charge in [0.25, 0.3) is 0 Å². The minimum absolute atomic E-state index is 0.159. The van der Waals surface area contributed by atoms with E-state index in [1.165, 1.54) is 0 Å². The summed E-state index contributed by atoms with van der Waals surface area (Å²) in [5.74, 6) is -0.463. The van der Waals surface area contributed by atoms with Gasteiger partial charge in [-0.15, -0.1) is 0 Å². The lowest BCUT2D eigenvalue weighted by atomic mass is 9.95. The number of carbonyl (C=O) groups excluding carboxylic acids is 3. The Kier molecular flexibility index (Phi) is 14.2. The maximum absolute atomic E-state index is 14.1. The number of unbranched alkanes of at least 4 members (excludes halogenated alkanes) is 1. The molecule has 0 aliphatic carbocycles. The molecule has 4 atom stereocenters. The molecule has 8 heteroatoms. The van der Waals surface area contributed by atoms with Crippen LogP contribution in [-0.4, -0.2) is 53.6 Å². The van der Waals surface area contributed by atoms with E-state index in [0.717, 1.165) is 23.6 Å². The summed E-state index contributed by atoms with van der Waals surface area (Å²) in [6.07, 6.45) is 3.40. The summed E-state index contributed by atoms with van der Waals surface area (Å²) in [6.45, 7) is 14.1. The van der Waals surface area contributed by atoms with Gasteiger partial charge >= 0.3 is 0 Å². The maximum Gasteiger partial charge on any atom is 0.246 e. The molecule has 0 spiro atoms. The van der Waals surface area contributed by atoms with Gasteiger partial charge in [0.1, 0.15) is 6.04 Å². The van der Waals surface area contributed by atoms with Crippen LogP contribution in [-0.2, 0) is 14.4 Å². The Morgan fingerprint density at radius 3 is 2.24 bits per heavy atom. The highest BCUT2D eigenvalue weighted by atomic mass is 16.3. The largest absolute Gasteiger partial charge is 0.387 e. The molecule has 0 aliphatic heterocycles. The number of nitrogens with two attached hydrogens (primary N) is 1. The number of fused-ring (bicyclic) bond motifs is 1. The summed E-state index contributed by atoms with van der Waals surface area (Å²) in [5.41, 5.74) is 7.23. The second-order valence-electron chi connectivity index (χ2n) is 12.0. The Labute approximate surface area is 252 Å². The standard InChI is InChI=1S/C34H52N4O4/c1-8-10-17-30(38(34(42)24(7)35)29-18-13-15-26-14-11-12-16-27(26)29)33(41)37-28(19-22(3)4)31(39)20-25(9-2)32(40)36-21-23(5)6/h11-16,18,20,22-24,28,30-31,39H,8-10,17,19,21,35H2,1-7H3,(H,36,40)(H,37,41)/t24-,28-,30-,31-/m0/s1. The summed E-state index contributed by atoms with van der Waals surface area (Å²) in [4.78, 5) is 42.1. The van der Waals surface area contributed by atoms with Crippen LogP contribution < -0.4 is 21.3 Å². The van der Waals surface area contributed by atoms with E-state index in [2.05, 4.69) is 10.6 Å². The molecule has 0 fully saturated rings. The molecule has 3 amide bonds. The topological polar surface area (TPSA) is 125 Å². The zero-order chi connectivity index (χ0) is 31.4. The van der Waals surface area contributed by atoms with Gasteiger partial charge in [-0.25, -0.2) is 0 Å². The van der Waals surface area contributed by atoms with Crippen LogP contribution in [0, 0.1) is 11.8 Å². The second kappa shape index (κ2) is 17.0. The zero-order valence-corrected chi connectivity index (χ0v) is 26.5. The molecule has 232 valence electrons. The first-order valence-electron chi connectivity index (χ1n) is 15.4. The summed E-state index contributed by atoms with van der Waals surface area (Å²) >= 11 is 0. The van der Waals surface area contributed by atoms with Gasteiger partial charge in [-0.3, -0.25) is 19.3 Å². The SMILES string of the molecule is CCCC[C@@H](C(=O)N[C@@H](CC(C)C)[C@@H](O)C=C(CC)C(=O)NCC(C)C)N(C(=O)[C@H](C)N)c1cccc2ccccc12. The van der Waals surface area contributed by atoms with Crippen LogP contribution in [0.5, 0.6) is 0 Å². The Hall–Kier alpha value is -3.23. The molecule has 8 nitrogen and oxygen atoms in total. The highest BCUT2D eigenvalue weighted by Crippen LogP contribution is 2.30. The molecular weight excluding hydrogens is 528 g/mol. The number of aliphatic hydroxyl groups excluding tert-OH is 1. The average Bonchev–Trinajstić information content (AvgIpc) is 2.95. The van der Waals surface area contributed by atoms with Crippen LogP contribution >= 0.6 is 0 Å². The molecule has 0 radical (unpaired) electrons. The molecular formula is C34H52N4O4. The summed E-state index contributed by atoms with van der Waals surface area (Å²) < 4.78 is 0. The molecule has 5 N–H and O–H groups in total. The van der Waals surface area contributed by atoms with E-state index in [0.29, 0.717) is 43.0 Å². The monoisotopic (exact) mass is 580 g/mol. The van der Waals surface area contributed by atoms with Crippen molar-refractivity contribution in [2.75, 3.05) is 11.4 Å². The van der Waals surface area contributed by atoms with Gasteiger partial charge in [0.15, 0.2) is 0 Å². The Bertz CT molecular complexity index is 1200. The second-order valence-corrected chi connectivity index (χ2v) is 12.0. The van der Waals surface area contributed by atoms with Crippen molar-refractivity contribution in [2.45, 2.75) is 105 Å². The number of benzene rings is 2. The smallest absolute Gasteiger partial charge is 0.246 e. The molecule has 2 rings (SSSR count). The predicted octanol–water partition coefficient (Wildman–Crippen LogP) is 5.08. The van der Waals surface area contributed by atoms with Crippen LogP contribution in [0.3, 0.4) is 0 Å². The minimum Gasteiger partial charge on any atom is -0.387 e. The van der Waals surface area contributed by atoms with E-state index >= 15 is 0 Å². The van der Waals surface area contributed by atoms with E-state index in [1.807, 2.05) is 84.0 Å². The minimum atomic E-state index is -1.09. The van der Waals surface area contributed by atoms with Gasteiger partial charge in [0, 0.05) is 17.5 Å². The molecule has 0 aliphatic rings. The fraction of sp³-hybridized carbons (Fsp3) is 0.559. The molecule has 2 aromatic carbocycles. The van der Waals surface area contributed by atoms with Crippen molar-refractivity contribution in [2.24, 2.45) is 17.6 Å². The summed E-state index contributed by atoms with van der Waals surface area (Å²) in [6, 6.07) is 11.1. The molecule has 0 saturated heterocycles. The van der Waals surface area contributed by atoms with Crippen molar-refractivity contribution < 1.29 is 19.5 Å². The van der Waals surface area contributed by atoms with Crippen LogP contribution in [0.4, 0.5) is 5.69 Å². The van der Waals surface area contributed by atoms with Gasteiger partial charge in [-0.2, -0.15) is 0 Å². The number of carbonyl (C=O) groups is 3. The predicted molar refractivity (Wildman–Crippen MR) is 172 cm³/mol. The van der Waals surface area contributed by atoms with Crippen molar-refractivity contribution in [3.63, 3.8) is 0 Å². The fourth-order valence-corrected chi connectivity index (χ4v) is 5.01. The van der Waals surface area contributed by atoms with Crippen molar-refractivity contribution in [3.8, 4) is 0 Å². The van der Waals surface area contributed by atoms with Gasteiger partial charge in [-0.1, -0.05) is 90.8 Å². The molecule has 2 aromatic rings. The molecule has 0 bridgehead atoms.